The number of fused-ring (bicyclic) bond motifs is 2. The van der Waals surface area contributed by atoms with E-state index in [2.05, 4.69) is 5.32 Å². The molecule has 2 heterocycles. The Kier molecular flexibility index (Phi) is 4.56. The zero-order valence-electron chi connectivity index (χ0n) is 15.4. The third-order valence-electron chi connectivity index (χ3n) is 5.12. The number of rotatable bonds is 2. The van der Waals surface area contributed by atoms with Crippen LogP contribution in [0, 0.1) is 0 Å². The first-order valence-electron chi connectivity index (χ1n) is 8.97. The van der Waals surface area contributed by atoms with Crippen LogP contribution >= 0.6 is 0 Å². The second-order valence-electron chi connectivity index (χ2n) is 6.77. The topological polar surface area (TPSA) is 58.6 Å². The normalized spacial score (nSPS) is 18.7. The summed E-state index contributed by atoms with van der Waals surface area (Å²) in [5, 5.41) is 3.08. The molecule has 1 N–H and O–H groups in total. The monoisotopic (exact) mass is 402 g/mol. The van der Waals surface area contributed by atoms with E-state index in [0.717, 1.165) is 12.1 Å². The first-order chi connectivity index (χ1) is 13.8. The van der Waals surface area contributed by atoms with Gasteiger partial charge < -0.3 is 15.0 Å². The molecule has 1 unspecified atom stereocenters. The van der Waals surface area contributed by atoms with Gasteiger partial charge in [0.15, 0.2) is 0 Å². The lowest BCUT2D eigenvalue weighted by molar-refractivity contribution is -0.142. The summed E-state index contributed by atoms with van der Waals surface area (Å²) in [4.78, 5) is 27.2. The standard InChI is InChI=1S/C21H17F3N2O3/c1-29-20(28)16-14-7-2-3-8-15(14)19(27)26-10-9-25-17(18(16)26)12-5-4-6-13(11-12)21(22,23)24/h2-8,11,16,25H,9-10H2,1H3. The lowest BCUT2D eigenvalue weighted by atomic mass is 9.83. The highest BCUT2D eigenvalue weighted by Gasteiger charge is 2.43. The molecule has 0 saturated heterocycles. The van der Waals surface area contributed by atoms with Gasteiger partial charge in [-0.15, -0.1) is 0 Å². The molecule has 4 rings (SSSR count). The van der Waals surface area contributed by atoms with E-state index in [1.807, 2.05) is 0 Å². The molecule has 2 aliphatic rings. The quantitative estimate of drug-likeness (QED) is 0.783. The molecule has 2 aliphatic heterocycles. The van der Waals surface area contributed by atoms with Crippen molar-refractivity contribution >= 4 is 17.6 Å². The molecule has 0 aliphatic carbocycles. The number of esters is 1. The summed E-state index contributed by atoms with van der Waals surface area (Å²) >= 11 is 0. The van der Waals surface area contributed by atoms with Crippen LogP contribution in [0.3, 0.4) is 0 Å². The Bertz CT molecular complexity index is 1030. The molecular formula is C21H17F3N2O3. The van der Waals surface area contributed by atoms with Crippen LogP contribution in [0.25, 0.3) is 5.70 Å². The zero-order valence-corrected chi connectivity index (χ0v) is 15.4. The highest BCUT2D eigenvalue weighted by Crippen LogP contribution is 2.42. The number of hydrogen-bond acceptors (Lipinski definition) is 4. The fourth-order valence-corrected chi connectivity index (χ4v) is 3.84. The summed E-state index contributed by atoms with van der Waals surface area (Å²) in [7, 11) is 1.24. The summed E-state index contributed by atoms with van der Waals surface area (Å²) in [6.45, 7) is 0.634. The molecule has 29 heavy (non-hydrogen) atoms. The lowest BCUT2D eigenvalue weighted by Gasteiger charge is -2.40. The minimum absolute atomic E-state index is 0.251. The molecule has 0 spiro atoms. The van der Waals surface area contributed by atoms with Crippen LogP contribution in [0.5, 0.6) is 0 Å². The van der Waals surface area contributed by atoms with Crippen molar-refractivity contribution in [1.29, 1.82) is 0 Å². The number of ether oxygens (including phenoxy) is 1. The van der Waals surface area contributed by atoms with Crippen molar-refractivity contribution in [2.24, 2.45) is 0 Å². The van der Waals surface area contributed by atoms with E-state index in [0.29, 0.717) is 35.6 Å². The first-order valence-corrected chi connectivity index (χ1v) is 8.97. The van der Waals surface area contributed by atoms with Crippen molar-refractivity contribution in [3.63, 3.8) is 0 Å². The molecule has 1 atom stereocenters. The van der Waals surface area contributed by atoms with Gasteiger partial charge in [0.2, 0.25) is 0 Å². The summed E-state index contributed by atoms with van der Waals surface area (Å²) in [6, 6.07) is 11.5. The summed E-state index contributed by atoms with van der Waals surface area (Å²) < 4.78 is 44.6. The number of alkyl halides is 3. The molecule has 0 saturated carbocycles. The van der Waals surface area contributed by atoms with Crippen molar-refractivity contribution in [2.75, 3.05) is 20.2 Å². The van der Waals surface area contributed by atoms with Gasteiger partial charge in [0.1, 0.15) is 5.92 Å². The van der Waals surface area contributed by atoms with Gasteiger partial charge in [-0.05, 0) is 23.8 Å². The largest absolute Gasteiger partial charge is 0.468 e. The van der Waals surface area contributed by atoms with Crippen molar-refractivity contribution in [3.8, 4) is 0 Å². The third kappa shape index (κ3) is 3.14. The second kappa shape index (κ2) is 6.95. The molecule has 2 aromatic carbocycles. The molecule has 0 aromatic heterocycles. The van der Waals surface area contributed by atoms with Crippen LogP contribution in [0.15, 0.2) is 54.2 Å². The number of amides is 1. The fraction of sp³-hybridized carbons (Fsp3) is 0.238. The molecular weight excluding hydrogens is 385 g/mol. The highest BCUT2D eigenvalue weighted by molar-refractivity contribution is 6.04. The number of benzene rings is 2. The summed E-state index contributed by atoms with van der Waals surface area (Å²) in [6.07, 6.45) is -4.51. The molecule has 0 fully saturated rings. The van der Waals surface area contributed by atoms with Crippen LogP contribution in [0.1, 0.15) is 33.0 Å². The number of hydrogen-bond donors (Lipinski definition) is 1. The number of nitrogens with zero attached hydrogens (tertiary/aromatic N) is 1. The van der Waals surface area contributed by atoms with E-state index in [9.17, 15) is 22.8 Å². The Morgan fingerprint density at radius 2 is 1.93 bits per heavy atom. The Balaban J connectivity index is 1.97. The molecule has 1 amide bonds. The minimum Gasteiger partial charge on any atom is -0.468 e. The van der Waals surface area contributed by atoms with Gasteiger partial charge >= 0.3 is 12.1 Å². The maximum absolute atomic E-state index is 13.2. The summed E-state index contributed by atoms with van der Waals surface area (Å²) in [5.74, 6) is -1.80. The van der Waals surface area contributed by atoms with Gasteiger partial charge in [-0.25, -0.2) is 0 Å². The average Bonchev–Trinajstić information content (AvgIpc) is 2.73. The van der Waals surface area contributed by atoms with E-state index in [1.54, 1.807) is 24.3 Å². The second-order valence-corrected chi connectivity index (χ2v) is 6.77. The molecule has 0 bridgehead atoms. The van der Waals surface area contributed by atoms with Crippen LogP contribution in [-0.4, -0.2) is 37.0 Å². The number of nitrogens with one attached hydrogen (secondary N) is 1. The van der Waals surface area contributed by atoms with Crippen molar-refractivity contribution < 1.29 is 27.5 Å². The van der Waals surface area contributed by atoms with Crippen LogP contribution in [-0.2, 0) is 15.7 Å². The maximum atomic E-state index is 13.2. The number of methoxy groups -OCH3 is 1. The first kappa shape index (κ1) is 19.0. The van der Waals surface area contributed by atoms with E-state index in [-0.39, 0.29) is 11.5 Å². The van der Waals surface area contributed by atoms with Crippen LogP contribution in [0.4, 0.5) is 13.2 Å². The molecule has 0 radical (unpaired) electrons. The Morgan fingerprint density at radius 1 is 1.17 bits per heavy atom. The van der Waals surface area contributed by atoms with Crippen molar-refractivity contribution in [1.82, 2.24) is 10.2 Å². The minimum atomic E-state index is -4.51. The zero-order chi connectivity index (χ0) is 20.8. The van der Waals surface area contributed by atoms with Gasteiger partial charge in [0.05, 0.1) is 24.1 Å². The van der Waals surface area contributed by atoms with Gasteiger partial charge in [0, 0.05) is 24.2 Å². The van der Waals surface area contributed by atoms with Crippen molar-refractivity contribution in [2.45, 2.75) is 12.1 Å². The highest BCUT2D eigenvalue weighted by atomic mass is 19.4. The van der Waals surface area contributed by atoms with E-state index in [4.69, 9.17) is 4.74 Å². The van der Waals surface area contributed by atoms with Gasteiger partial charge in [-0.3, -0.25) is 9.59 Å². The van der Waals surface area contributed by atoms with Gasteiger partial charge in [0.25, 0.3) is 5.91 Å². The molecule has 8 heteroatoms. The van der Waals surface area contributed by atoms with Crippen LogP contribution < -0.4 is 5.32 Å². The van der Waals surface area contributed by atoms with Crippen LogP contribution in [0.2, 0.25) is 0 Å². The molecule has 150 valence electrons. The average molecular weight is 402 g/mol. The van der Waals surface area contributed by atoms with E-state index >= 15 is 0 Å². The smallest absolute Gasteiger partial charge is 0.416 e. The number of halogens is 3. The fourth-order valence-electron chi connectivity index (χ4n) is 3.84. The maximum Gasteiger partial charge on any atom is 0.416 e. The van der Waals surface area contributed by atoms with Crippen molar-refractivity contribution in [3.05, 3.63) is 76.5 Å². The number of carbonyl (C=O) groups is 2. The predicted octanol–water partition coefficient (Wildman–Crippen LogP) is 3.39. The SMILES string of the molecule is COC(=O)C1C2=C(c3cccc(C(F)(F)F)c3)NCCN2C(=O)c2ccccc21. The number of carbonyl (C=O) groups excluding carboxylic acids is 2. The Labute approximate surface area is 164 Å². The summed E-state index contributed by atoms with van der Waals surface area (Å²) in [5.41, 5.74) is 0.937. The lowest BCUT2D eigenvalue weighted by Crippen LogP contribution is -2.48. The Hall–Kier alpha value is -3.29. The van der Waals surface area contributed by atoms with Gasteiger partial charge in [-0.1, -0.05) is 30.3 Å². The molecule has 2 aromatic rings. The third-order valence-corrected chi connectivity index (χ3v) is 5.12. The molecule has 5 nitrogen and oxygen atoms in total. The van der Waals surface area contributed by atoms with E-state index < -0.39 is 23.6 Å². The van der Waals surface area contributed by atoms with Gasteiger partial charge in [-0.2, -0.15) is 13.2 Å². The predicted molar refractivity (Wildman–Crippen MR) is 98.6 cm³/mol. The Morgan fingerprint density at radius 3 is 2.66 bits per heavy atom. The van der Waals surface area contributed by atoms with E-state index in [1.165, 1.54) is 24.1 Å².